The van der Waals surface area contributed by atoms with Gasteiger partial charge in [-0.05, 0) is 35.9 Å². The molecule has 0 unspecified atom stereocenters. The number of morpholine rings is 1. The molecule has 30 heavy (non-hydrogen) atoms. The number of phenolic OH excluding ortho intramolecular Hbond substituents is 1. The lowest BCUT2D eigenvalue weighted by molar-refractivity contribution is -0.908. The van der Waals surface area contributed by atoms with Crippen molar-refractivity contribution in [2.75, 3.05) is 40.0 Å². The Bertz CT molecular complexity index is 992. The minimum atomic E-state index is 0.204. The highest BCUT2D eigenvalue weighted by Crippen LogP contribution is 2.27. The van der Waals surface area contributed by atoms with Gasteiger partial charge in [-0.2, -0.15) is 5.10 Å². The Balaban J connectivity index is 1.57. The summed E-state index contributed by atoms with van der Waals surface area (Å²) in [6.45, 7) is 5.27. The maximum absolute atomic E-state index is 10.3. The average molecular weight is 407 g/mol. The average Bonchev–Trinajstić information content (AvgIpc) is 3.20. The molecule has 2 heterocycles. The van der Waals surface area contributed by atoms with E-state index in [1.54, 1.807) is 13.2 Å². The summed E-state index contributed by atoms with van der Waals surface area (Å²) in [4.78, 5) is 6.20. The summed E-state index contributed by atoms with van der Waals surface area (Å²) in [6, 6.07) is 15.1. The monoisotopic (exact) mass is 407 g/mol. The number of methoxy groups -OCH3 is 1. The molecule has 0 bridgehead atoms. The maximum atomic E-state index is 10.3. The van der Waals surface area contributed by atoms with Gasteiger partial charge >= 0.3 is 0 Å². The predicted octanol–water partition coefficient (Wildman–Crippen LogP) is 1.74. The second-order valence-corrected chi connectivity index (χ2v) is 7.25. The first-order valence-corrected chi connectivity index (χ1v) is 10.2. The van der Waals surface area contributed by atoms with Gasteiger partial charge in [0, 0.05) is 0 Å². The van der Waals surface area contributed by atoms with Gasteiger partial charge < -0.3 is 19.5 Å². The van der Waals surface area contributed by atoms with Crippen LogP contribution in [0.15, 0.2) is 48.5 Å². The number of phenols is 1. The van der Waals surface area contributed by atoms with Crippen molar-refractivity contribution in [3.8, 4) is 22.9 Å². The van der Waals surface area contributed by atoms with Gasteiger partial charge in [-0.3, -0.25) is 0 Å². The zero-order valence-electron chi connectivity index (χ0n) is 17.1. The van der Waals surface area contributed by atoms with Crippen molar-refractivity contribution in [1.82, 2.24) is 14.8 Å². The van der Waals surface area contributed by atoms with E-state index in [2.05, 4.69) is 0 Å². The van der Waals surface area contributed by atoms with E-state index in [-0.39, 0.29) is 5.75 Å². The van der Waals surface area contributed by atoms with E-state index in [1.807, 2.05) is 59.3 Å². The van der Waals surface area contributed by atoms with Crippen LogP contribution in [0, 0.1) is 0 Å². The van der Waals surface area contributed by atoms with E-state index in [1.165, 1.54) is 4.90 Å². The van der Waals surface area contributed by atoms with Crippen molar-refractivity contribution in [2.24, 2.45) is 0 Å². The fourth-order valence-corrected chi connectivity index (χ4v) is 3.51. The molecule has 3 aromatic rings. The zero-order chi connectivity index (χ0) is 20.8. The van der Waals surface area contributed by atoms with Crippen LogP contribution in [-0.4, -0.2) is 59.8 Å². The number of nitrogens with zero attached hydrogens (tertiary/aromatic N) is 3. The molecule has 2 aromatic carbocycles. The Morgan fingerprint density at radius 1 is 1.10 bits per heavy atom. The van der Waals surface area contributed by atoms with E-state index in [9.17, 15) is 5.11 Å². The molecular weight excluding hydrogens is 380 g/mol. The summed E-state index contributed by atoms with van der Waals surface area (Å²) in [6.07, 6.45) is 3.87. The van der Waals surface area contributed by atoms with Crippen LogP contribution in [0.3, 0.4) is 0 Å². The van der Waals surface area contributed by atoms with Crippen LogP contribution >= 0.6 is 0 Å². The molecule has 0 amide bonds. The molecule has 4 rings (SSSR count). The van der Waals surface area contributed by atoms with Crippen molar-refractivity contribution in [2.45, 2.75) is 6.54 Å². The Morgan fingerprint density at radius 2 is 1.87 bits per heavy atom. The highest BCUT2D eigenvalue weighted by molar-refractivity contribution is 5.69. The molecule has 1 aliphatic rings. The third kappa shape index (κ3) is 4.87. The second kappa shape index (κ2) is 9.56. The minimum Gasteiger partial charge on any atom is -0.507 e. The number of hydrogen-bond donors (Lipinski definition) is 2. The number of para-hydroxylation sites is 1. The molecule has 1 fully saturated rings. The lowest BCUT2D eigenvalue weighted by Crippen LogP contribution is -3.14. The Labute approximate surface area is 176 Å². The van der Waals surface area contributed by atoms with Crippen LogP contribution in [0.25, 0.3) is 23.5 Å². The van der Waals surface area contributed by atoms with Gasteiger partial charge in [0.25, 0.3) is 0 Å². The molecule has 0 spiro atoms. The number of quaternary nitrogens is 1. The molecule has 2 N–H and O–H groups in total. The summed E-state index contributed by atoms with van der Waals surface area (Å²) < 4.78 is 12.5. The molecule has 0 saturated carbocycles. The number of hydrogen-bond acceptors (Lipinski definition) is 5. The molecule has 0 radical (unpaired) electrons. The van der Waals surface area contributed by atoms with E-state index in [0.717, 1.165) is 50.7 Å². The minimum absolute atomic E-state index is 0.204. The lowest BCUT2D eigenvalue weighted by Gasteiger charge is -2.23. The normalized spacial score (nSPS) is 15.0. The Morgan fingerprint density at radius 3 is 2.60 bits per heavy atom. The van der Waals surface area contributed by atoms with Gasteiger partial charge in [0.1, 0.15) is 24.6 Å². The quantitative estimate of drug-likeness (QED) is 0.624. The SMILES string of the molecule is COc1ccc(/C=C/c2nc(-c3ccccc3O)n(CC[NH+]3CCOCC3)n2)cc1. The molecule has 7 nitrogen and oxygen atoms in total. The van der Waals surface area contributed by atoms with Crippen LogP contribution in [0.2, 0.25) is 0 Å². The van der Waals surface area contributed by atoms with Crippen LogP contribution < -0.4 is 9.64 Å². The van der Waals surface area contributed by atoms with Gasteiger partial charge in [-0.1, -0.05) is 30.3 Å². The first-order chi connectivity index (χ1) is 14.7. The van der Waals surface area contributed by atoms with Crippen molar-refractivity contribution in [3.63, 3.8) is 0 Å². The van der Waals surface area contributed by atoms with Gasteiger partial charge in [-0.25, -0.2) is 9.67 Å². The largest absolute Gasteiger partial charge is 0.507 e. The van der Waals surface area contributed by atoms with Gasteiger partial charge in [0.2, 0.25) is 0 Å². The summed E-state index contributed by atoms with van der Waals surface area (Å²) >= 11 is 0. The van der Waals surface area contributed by atoms with Crippen LogP contribution in [0.5, 0.6) is 11.5 Å². The number of rotatable bonds is 7. The van der Waals surface area contributed by atoms with E-state index < -0.39 is 0 Å². The number of ether oxygens (including phenoxy) is 2. The van der Waals surface area contributed by atoms with E-state index in [0.29, 0.717) is 17.2 Å². The maximum Gasteiger partial charge on any atom is 0.174 e. The van der Waals surface area contributed by atoms with Crippen molar-refractivity contribution < 1.29 is 19.5 Å². The first kappa shape index (κ1) is 20.1. The Kier molecular flexibility index (Phi) is 6.41. The highest BCUT2D eigenvalue weighted by Gasteiger charge is 2.18. The van der Waals surface area contributed by atoms with Crippen molar-refractivity contribution in [1.29, 1.82) is 0 Å². The van der Waals surface area contributed by atoms with E-state index >= 15 is 0 Å². The highest BCUT2D eigenvalue weighted by atomic mass is 16.5. The van der Waals surface area contributed by atoms with Crippen molar-refractivity contribution in [3.05, 3.63) is 59.9 Å². The van der Waals surface area contributed by atoms with Gasteiger partial charge in [-0.15, -0.1) is 0 Å². The van der Waals surface area contributed by atoms with Crippen LogP contribution in [0.4, 0.5) is 0 Å². The first-order valence-electron chi connectivity index (χ1n) is 10.2. The van der Waals surface area contributed by atoms with Crippen LogP contribution in [-0.2, 0) is 11.3 Å². The lowest BCUT2D eigenvalue weighted by atomic mass is 10.2. The smallest absolute Gasteiger partial charge is 0.174 e. The Hall–Kier alpha value is -3.16. The number of aromatic nitrogens is 3. The molecule has 0 aliphatic carbocycles. The summed E-state index contributed by atoms with van der Waals surface area (Å²) in [5.74, 6) is 2.31. The van der Waals surface area contributed by atoms with E-state index in [4.69, 9.17) is 19.6 Å². The van der Waals surface area contributed by atoms with Crippen molar-refractivity contribution >= 4 is 12.2 Å². The van der Waals surface area contributed by atoms with Gasteiger partial charge in [0.15, 0.2) is 11.6 Å². The predicted molar refractivity (Wildman–Crippen MR) is 115 cm³/mol. The van der Waals surface area contributed by atoms with Gasteiger partial charge in [0.05, 0.1) is 39.0 Å². The zero-order valence-corrected chi connectivity index (χ0v) is 17.1. The molecule has 0 atom stereocenters. The van der Waals surface area contributed by atoms with Crippen LogP contribution in [0.1, 0.15) is 11.4 Å². The second-order valence-electron chi connectivity index (χ2n) is 7.25. The molecule has 7 heteroatoms. The number of aromatic hydroxyl groups is 1. The molecule has 1 aromatic heterocycles. The molecule has 1 aliphatic heterocycles. The fraction of sp³-hybridized carbons (Fsp3) is 0.304. The third-order valence-electron chi connectivity index (χ3n) is 5.25. The molecule has 156 valence electrons. The number of nitrogens with one attached hydrogen (secondary N) is 1. The summed E-state index contributed by atoms with van der Waals surface area (Å²) in [5.41, 5.74) is 1.72. The standard InChI is InChI=1S/C23H26N4O3/c1-29-19-9-6-18(7-10-19)8-11-22-24-23(20-4-2-3-5-21(20)28)27(25-22)13-12-26-14-16-30-17-15-26/h2-11,28H,12-17H2,1H3/p+1/b11-8+. The fourth-order valence-electron chi connectivity index (χ4n) is 3.51. The summed E-state index contributed by atoms with van der Waals surface area (Å²) in [5, 5.41) is 15.0. The number of benzene rings is 2. The third-order valence-corrected chi connectivity index (χ3v) is 5.25. The summed E-state index contributed by atoms with van der Waals surface area (Å²) in [7, 11) is 1.65. The molecule has 1 saturated heterocycles. The topological polar surface area (TPSA) is 73.8 Å². The molecular formula is C23H27N4O3+.